The van der Waals surface area contributed by atoms with Gasteiger partial charge in [0.1, 0.15) is 11.4 Å². The Morgan fingerprint density at radius 2 is 1.54 bits per heavy atom. The molecule has 0 radical (unpaired) electrons. The van der Waals surface area contributed by atoms with Crippen LogP contribution >= 0.6 is 0 Å². The first-order valence-corrected chi connectivity index (χ1v) is 8.45. The first kappa shape index (κ1) is 16.0. The third-order valence-corrected chi connectivity index (χ3v) is 4.21. The van der Waals surface area contributed by atoms with Gasteiger partial charge in [0, 0.05) is 5.39 Å². The Bertz CT molecular complexity index is 1070. The fourth-order valence-electron chi connectivity index (χ4n) is 2.95. The topological polar surface area (TPSA) is 39.2 Å². The van der Waals surface area contributed by atoms with Crippen LogP contribution in [-0.4, -0.2) is 11.0 Å². The predicted octanol–water partition coefficient (Wildman–Crippen LogP) is 5.43. The summed E-state index contributed by atoms with van der Waals surface area (Å²) in [7, 11) is 0. The fourth-order valence-corrected chi connectivity index (χ4v) is 2.95. The average molecular weight is 339 g/mol. The van der Waals surface area contributed by atoms with Crippen molar-refractivity contribution in [2.24, 2.45) is 0 Å². The normalized spacial score (nSPS) is 10.7. The molecule has 3 nitrogen and oxygen atoms in total. The van der Waals surface area contributed by atoms with Crippen LogP contribution in [0.2, 0.25) is 0 Å². The van der Waals surface area contributed by atoms with Gasteiger partial charge in [0.25, 0.3) is 0 Å². The number of rotatable bonds is 3. The second-order valence-electron chi connectivity index (χ2n) is 6.14. The number of fused-ring (bicyclic) bond motifs is 1. The van der Waals surface area contributed by atoms with Crippen molar-refractivity contribution in [3.63, 3.8) is 0 Å². The molecule has 1 heterocycles. The number of benzene rings is 3. The zero-order valence-corrected chi connectivity index (χ0v) is 14.3. The van der Waals surface area contributed by atoms with Crippen LogP contribution in [0.25, 0.3) is 22.0 Å². The van der Waals surface area contributed by atoms with Gasteiger partial charge in [-0.1, -0.05) is 60.2 Å². The summed E-state index contributed by atoms with van der Waals surface area (Å²) in [4.78, 5) is 17.1. The predicted molar refractivity (Wildman–Crippen MR) is 103 cm³/mol. The Kier molecular flexibility index (Phi) is 4.20. The minimum absolute atomic E-state index is 0.295. The number of carbonyl (C=O) groups is 1. The molecule has 0 fully saturated rings. The SMILES string of the molecule is Cc1ccc2nc(C(=O)Oc3ccccc3)cc(-c3ccccc3)c2c1. The van der Waals surface area contributed by atoms with Gasteiger partial charge in [-0.05, 0) is 48.4 Å². The van der Waals surface area contributed by atoms with Crippen LogP contribution in [0.1, 0.15) is 16.1 Å². The molecule has 1 aromatic heterocycles. The molecule has 26 heavy (non-hydrogen) atoms. The second kappa shape index (κ2) is 6.81. The van der Waals surface area contributed by atoms with Crippen LogP contribution < -0.4 is 4.74 Å². The highest BCUT2D eigenvalue weighted by Gasteiger charge is 2.15. The van der Waals surface area contributed by atoms with Crippen molar-refractivity contribution >= 4 is 16.9 Å². The van der Waals surface area contributed by atoms with Crippen LogP contribution in [-0.2, 0) is 0 Å². The maximum Gasteiger partial charge on any atom is 0.362 e. The molecule has 0 aliphatic carbocycles. The lowest BCUT2D eigenvalue weighted by atomic mass is 9.99. The van der Waals surface area contributed by atoms with Gasteiger partial charge in [-0.25, -0.2) is 9.78 Å². The number of nitrogens with zero attached hydrogens (tertiary/aromatic N) is 1. The number of carbonyl (C=O) groups excluding carboxylic acids is 1. The average Bonchev–Trinajstić information content (AvgIpc) is 2.68. The molecular formula is C23H17NO2. The maximum absolute atomic E-state index is 12.6. The van der Waals surface area contributed by atoms with Crippen molar-refractivity contribution in [3.05, 3.63) is 96.2 Å². The van der Waals surface area contributed by atoms with Gasteiger partial charge in [-0.2, -0.15) is 0 Å². The first-order valence-electron chi connectivity index (χ1n) is 8.45. The Balaban J connectivity index is 1.84. The number of ether oxygens (including phenoxy) is 1. The third-order valence-electron chi connectivity index (χ3n) is 4.21. The lowest BCUT2D eigenvalue weighted by Crippen LogP contribution is -2.11. The van der Waals surface area contributed by atoms with Crippen LogP contribution in [0.4, 0.5) is 0 Å². The maximum atomic E-state index is 12.6. The highest BCUT2D eigenvalue weighted by atomic mass is 16.5. The Morgan fingerprint density at radius 1 is 0.846 bits per heavy atom. The van der Waals surface area contributed by atoms with Gasteiger partial charge in [0.05, 0.1) is 5.52 Å². The van der Waals surface area contributed by atoms with E-state index >= 15 is 0 Å². The van der Waals surface area contributed by atoms with E-state index in [1.165, 1.54) is 0 Å². The number of hydrogen-bond acceptors (Lipinski definition) is 3. The number of aromatic nitrogens is 1. The molecule has 0 amide bonds. The summed E-state index contributed by atoms with van der Waals surface area (Å²) in [6.45, 7) is 2.05. The number of hydrogen-bond donors (Lipinski definition) is 0. The summed E-state index contributed by atoms with van der Waals surface area (Å²) in [5.41, 5.74) is 4.23. The van der Waals surface area contributed by atoms with Gasteiger partial charge >= 0.3 is 5.97 Å². The number of pyridine rings is 1. The molecule has 3 heteroatoms. The monoisotopic (exact) mass is 339 g/mol. The molecule has 0 saturated heterocycles. The summed E-state index contributed by atoms with van der Waals surface area (Å²) >= 11 is 0. The fraction of sp³-hybridized carbons (Fsp3) is 0.0435. The van der Waals surface area contributed by atoms with Gasteiger partial charge in [-0.15, -0.1) is 0 Å². The summed E-state index contributed by atoms with van der Waals surface area (Å²) in [5.74, 6) is 0.0421. The van der Waals surface area contributed by atoms with E-state index in [-0.39, 0.29) is 0 Å². The summed E-state index contributed by atoms with van der Waals surface area (Å²) in [6, 6.07) is 26.9. The van der Waals surface area contributed by atoms with E-state index in [1.54, 1.807) is 12.1 Å². The van der Waals surface area contributed by atoms with Crippen molar-refractivity contribution in [1.29, 1.82) is 0 Å². The largest absolute Gasteiger partial charge is 0.422 e. The van der Waals surface area contributed by atoms with Crippen molar-refractivity contribution < 1.29 is 9.53 Å². The van der Waals surface area contributed by atoms with Gasteiger partial charge < -0.3 is 4.74 Å². The van der Waals surface area contributed by atoms with Crippen LogP contribution in [0.3, 0.4) is 0 Å². The molecule has 0 spiro atoms. The molecule has 4 rings (SSSR count). The smallest absolute Gasteiger partial charge is 0.362 e. The van der Waals surface area contributed by atoms with Crippen molar-refractivity contribution in [3.8, 4) is 16.9 Å². The van der Waals surface area contributed by atoms with Crippen molar-refractivity contribution in [2.75, 3.05) is 0 Å². The van der Waals surface area contributed by atoms with Crippen molar-refractivity contribution in [2.45, 2.75) is 6.92 Å². The Hall–Kier alpha value is -3.46. The molecule has 0 saturated carbocycles. The van der Waals surface area contributed by atoms with Gasteiger partial charge in [0.15, 0.2) is 0 Å². The highest BCUT2D eigenvalue weighted by molar-refractivity contribution is 6.00. The molecule has 0 atom stereocenters. The van der Waals surface area contributed by atoms with Crippen molar-refractivity contribution in [1.82, 2.24) is 4.98 Å². The van der Waals surface area contributed by atoms with E-state index in [9.17, 15) is 4.79 Å². The summed E-state index contributed by atoms with van der Waals surface area (Å²) < 4.78 is 5.46. The quantitative estimate of drug-likeness (QED) is 0.369. The first-order chi connectivity index (χ1) is 12.7. The van der Waals surface area contributed by atoms with Gasteiger partial charge in [0.2, 0.25) is 0 Å². The van der Waals surface area contributed by atoms with Gasteiger partial charge in [-0.3, -0.25) is 0 Å². The van der Waals surface area contributed by atoms with E-state index in [2.05, 4.69) is 11.1 Å². The molecule has 4 aromatic rings. The number of esters is 1. The van der Waals surface area contributed by atoms with E-state index in [4.69, 9.17) is 4.74 Å². The third kappa shape index (κ3) is 3.20. The molecular weight excluding hydrogens is 322 g/mol. The molecule has 126 valence electrons. The minimum atomic E-state index is -0.462. The molecule has 3 aromatic carbocycles. The second-order valence-corrected chi connectivity index (χ2v) is 6.14. The zero-order valence-electron chi connectivity index (χ0n) is 14.3. The van der Waals surface area contributed by atoms with Crippen LogP contribution in [0.5, 0.6) is 5.75 Å². The van der Waals surface area contributed by atoms with Crippen LogP contribution in [0, 0.1) is 6.92 Å². The van der Waals surface area contributed by atoms with E-state index in [1.807, 2.05) is 73.7 Å². The summed E-state index contributed by atoms with van der Waals surface area (Å²) in [5, 5.41) is 1.02. The molecule has 0 bridgehead atoms. The highest BCUT2D eigenvalue weighted by Crippen LogP contribution is 2.29. The van der Waals surface area contributed by atoms with E-state index in [0.29, 0.717) is 11.4 Å². The standard InChI is InChI=1S/C23H17NO2/c1-16-12-13-21-20(14-16)19(17-8-4-2-5-9-17)15-22(24-21)23(25)26-18-10-6-3-7-11-18/h2-15H,1H3. The number of para-hydroxylation sites is 1. The Morgan fingerprint density at radius 3 is 2.27 bits per heavy atom. The molecule has 0 N–H and O–H groups in total. The molecule has 0 aliphatic rings. The summed E-state index contributed by atoms with van der Waals surface area (Å²) in [6.07, 6.45) is 0. The van der Waals surface area contributed by atoms with E-state index in [0.717, 1.165) is 27.6 Å². The molecule has 0 unspecified atom stereocenters. The lowest BCUT2D eigenvalue weighted by Gasteiger charge is -2.11. The number of aryl methyl sites for hydroxylation is 1. The minimum Gasteiger partial charge on any atom is -0.422 e. The molecule has 0 aliphatic heterocycles. The Labute approximate surface area is 151 Å². The van der Waals surface area contributed by atoms with E-state index < -0.39 is 5.97 Å². The zero-order chi connectivity index (χ0) is 17.9. The lowest BCUT2D eigenvalue weighted by molar-refractivity contribution is 0.0729. The van der Waals surface area contributed by atoms with Crippen LogP contribution in [0.15, 0.2) is 84.9 Å².